The molecule has 0 aromatic heterocycles. The largest absolute Gasteiger partial charge is 0.384 e. The summed E-state index contributed by atoms with van der Waals surface area (Å²) >= 11 is 0. The maximum Gasteiger partial charge on any atom is 0.238 e. The Balaban J connectivity index is 2.08. The van der Waals surface area contributed by atoms with Crippen LogP contribution < -0.4 is 10.5 Å². The van der Waals surface area contributed by atoms with E-state index >= 15 is 0 Å². The van der Waals surface area contributed by atoms with Crippen LogP contribution in [0.4, 0.5) is 5.69 Å². The molecular weight excluding hydrogens is 264 g/mol. The van der Waals surface area contributed by atoms with Crippen molar-refractivity contribution < 1.29 is 13.2 Å². The number of primary sulfonamides is 1. The molecule has 1 unspecified atom stereocenters. The van der Waals surface area contributed by atoms with Crippen LogP contribution in [0.15, 0.2) is 23.1 Å². The highest BCUT2D eigenvalue weighted by Crippen LogP contribution is 2.23. The second-order valence-electron chi connectivity index (χ2n) is 4.94. The Morgan fingerprint density at radius 1 is 1.47 bits per heavy atom. The summed E-state index contributed by atoms with van der Waals surface area (Å²) in [5.41, 5.74) is 1.49. The van der Waals surface area contributed by atoms with E-state index in [0.29, 0.717) is 11.5 Å². The number of ether oxygens (including phenoxy) is 1. The van der Waals surface area contributed by atoms with Crippen molar-refractivity contribution in [3.05, 3.63) is 23.8 Å². The van der Waals surface area contributed by atoms with E-state index in [9.17, 15) is 8.42 Å². The number of sulfonamides is 1. The lowest BCUT2D eigenvalue weighted by Crippen LogP contribution is -2.24. The summed E-state index contributed by atoms with van der Waals surface area (Å²) in [5.74, 6) is 0.478. The molecule has 1 atom stereocenters. The molecule has 1 saturated heterocycles. The zero-order valence-corrected chi connectivity index (χ0v) is 11.9. The van der Waals surface area contributed by atoms with Crippen molar-refractivity contribution >= 4 is 15.7 Å². The Morgan fingerprint density at radius 3 is 2.89 bits per heavy atom. The highest BCUT2D eigenvalue weighted by molar-refractivity contribution is 7.89. The average molecular weight is 284 g/mol. The van der Waals surface area contributed by atoms with Gasteiger partial charge in [0.2, 0.25) is 10.0 Å². The summed E-state index contributed by atoms with van der Waals surface area (Å²) in [6.45, 7) is 4.16. The third-order valence-corrected chi connectivity index (χ3v) is 4.48. The number of benzene rings is 1. The molecule has 0 spiro atoms. The molecule has 1 aromatic rings. The minimum Gasteiger partial charge on any atom is -0.384 e. The Hall–Kier alpha value is -1.11. The number of nitrogens with two attached hydrogens (primary N) is 1. The van der Waals surface area contributed by atoms with E-state index in [1.807, 2.05) is 6.07 Å². The molecule has 106 valence electrons. The molecule has 1 aliphatic heterocycles. The minimum absolute atomic E-state index is 0.178. The van der Waals surface area contributed by atoms with Crippen molar-refractivity contribution in [3.63, 3.8) is 0 Å². The molecule has 19 heavy (non-hydrogen) atoms. The van der Waals surface area contributed by atoms with E-state index in [1.54, 1.807) is 13.0 Å². The van der Waals surface area contributed by atoms with Crippen molar-refractivity contribution in [2.45, 2.75) is 24.7 Å². The number of hydrogen-bond donors (Lipinski definition) is 2. The molecule has 0 bridgehead atoms. The summed E-state index contributed by atoms with van der Waals surface area (Å²) in [4.78, 5) is 0.178. The first-order valence-corrected chi connectivity index (χ1v) is 7.97. The van der Waals surface area contributed by atoms with Gasteiger partial charge in [-0.2, -0.15) is 0 Å². The standard InChI is InChI=1S/C13H20N2O3S/c1-10-12(5-2-6-13(10)19(14,16)17)15-8-11-4-3-7-18-9-11/h2,5-6,11,15H,3-4,7-9H2,1H3,(H2,14,16,17). The summed E-state index contributed by atoms with van der Waals surface area (Å²) in [5, 5.41) is 8.49. The highest BCUT2D eigenvalue weighted by atomic mass is 32.2. The van der Waals surface area contributed by atoms with Crippen LogP contribution in [0.3, 0.4) is 0 Å². The van der Waals surface area contributed by atoms with E-state index in [2.05, 4.69) is 5.32 Å². The maximum absolute atomic E-state index is 11.4. The molecule has 1 heterocycles. The van der Waals surface area contributed by atoms with Gasteiger partial charge in [-0.15, -0.1) is 0 Å². The molecular formula is C13H20N2O3S. The third-order valence-electron chi connectivity index (χ3n) is 3.43. The van der Waals surface area contributed by atoms with Gasteiger partial charge in [0.15, 0.2) is 0 Å². The van der Waals surface area contributed by atoms with Crippen molar-refractivity contribution in [2.24, 2.45) is 11.1 Å². The molecule has 1 aromatic carbocycles. The van der Waals surface area contributed by atoms with Crippen molar-refractivity contribution in [3.8, 4) is 0 Å². The Kier molecular flexibility index (Phi) is 4.44. The Morgan fingerprint density at radius 2 is 2.26 bits per heavy atom. The third kappa shape index (κ3) is 3.68. The number of nitrogens with one attached hydrogen (secondary N) is 1. The van der Waals surface area contributed by atoms with Gasteiger partial charge in [0.1, 0.15) is 0 Å². The molecule has 0 amide bonds. The maximum atomic E-state index is 11.4. The predicted molar refractivity (Wildman–Crippen MR) is 74.6 cm³/mol. The van der Waals surface area contributed by atoms with Crippen LogP contribution in [-0.2, 0) is 14.8 Å². The summed E-state index contributed by atoms with van der Waals surface area (Å²) in [6, 6.07) is 5.10. The van der Waals surface area contributed by atoms with Gasteiger partial charge in [0, 0.05) is 18.8 Å². The van der Waals surface area contributed by atoms with Gasteiger partial charge in [0.05, 0.1) is 11.5 Å². The first-order chi connectivity index (χ1) is 8.98. The lowest BCUT2D eigenvalue weighted by molar-refractivity contribution is 0.0595. The average Bonchev–Trinajstić information content (AvgIpc) is 2.37. The lowest BCUT2D eigenvalue weighted by atomic mass is 10.0. The molecule has 6 heteroatoms. The Labute approximate surface area is 114 Å². The van der Waals surface area contributed by atoms with Crippen LogP contribution in [0.25, 0.3) is 0 Å². The van der Waals surface area contributed by atoms with E-state index in [-0.39, 0.29) is 4.90 Å². The second kappa shape index (κ2) is 5.90. The van der Waals surface area contributed by atoms with Gasteiger partial charge in [-0.05, 0) is 43.4 Å². The van der Waals surface area contributed by atoms with Gasteiger partial charge in [-0.3, -0.25) is 0 Å². The molecule has 0 saturated carbocycles. The van der Waals surface area contributed by atoms with E-state index < -0.39 is 10.0 Å². The summed E-state index contributed by atoms with van der Waals surface area (Å²) in [6.07, 6.45) is 2.23. The fourth-order valence-electron chi connectivity index (χ4n) is 2.34. The van der Waals surface area contributed by atoms with Crippen LogP contribution >= 0.6 is 0 Å². The SMILES string of the molecule is Cc1c(NCC2CCCOC2)cccc1S(N)(=O)=O. The number of rotatable bonds is 4. The number of hydrogen-bond acceptors (Lipinski definition) is 4. The summed E-state index contributed by atoms with van der Waals surface area (Å²) in [7, 11) is -3.66. The quantitative estimate of drug-likeness (QED) is 0.877. The molecule has 0 radical (unpaired) electrons. The number of anilines is 1. The lowest BCUT2D eigenvalue weighted by Gasteiger charge is -2.23. The molecule has 1 aliphatic rings. The zero-order valence-electron chi connectivity index (χ0n) is 11.1. The van der Waals surface area contributed by atoms with E-state index in [4.69, 9.17) is 9.88 Å². The molecule has 3 N–H and O–H groups in total. The second-order valence-corrected chi connectivity index (χ2v) is 6.47. The monoisotopic (exact) mass is 284 g/mol. The molecule has 2 rings (SSSR count). The van der Waals surface area contributed by atoms with Gasteiger partial charge < -0.3 is 10.1 Å². The predicted octanol–water partition coefficient (Wildman–Crippen LogP) is 1.48. The smallest absolute Gasteiger partial charge is 0.238 e. The van der Waals surface area contributed by atoms with Crippen LogP contribution in [0.2, 0.25) is 0 Å². The molecule has 0 aliphatic carbocycles. The van der Waals surface area contributed by atoms with E-state index in [1.165, 1.54) is 6.07 Å². The topological polar surface area (TPSA) is 81.4 Å². The zero-order chi connectivity index (χ0) is 13.9. The Bertz CT molecular complexity index is 537. The van der Waals surface area contributed by atoms with E-state index in [0.717, 1.165) is 38.3 Å². The van der Waals surface area contributed by atoms with Crippen LogP contribution in [-0.4, -0.2) is 28.2 Å². The fourth-order valence-corrected chi connectivity index (χ4v) is 3.14. The minimum atomic E-state index is -3.66. The van der Waals surface area contributed by atoms with Gasteiger partial charge in [-0.25, -0.2) is 13.6 Å². The normalized spacial score (nSPS) is 20.2. The van der Waals surface area contributed by atoms with Crippen molar-refractivity contribution in [2.75, 3.05) is 25.1 Å². The van der Waals surface area contributed by atoms with Gasteiger partial charge in [-0.1, -0.05) is 6.07 Å². The van der Waals surface area contributed by atoms with Crippen LogP contribution in [0.5, 0.6) is 0 Å². The highest BCUT2D eigenvalue weighted by Gasteiger charge is 2.16. The van der Waals surface area contributed by atoms with Crippen molar-refractivity contribution in [1.29, 1.82) is 0 Å². The van der Waals surface area contributed by atoms with Gasteiger partial charge >= 0.3 is 0 Å². The van der Waals surface area contributed by atoms with Crippen LogP contribution in [0.1, 0.15) is 18.4 Å². The first kappa shape index (κ1) is 14.3. The summed E-state index contributed by atoms with van der Waals surface area (Å²) < 4.78 is 28.3. The van der Waals surface area contributed by atoms with Crippen molar-refractivity contribution in [1.82, 2.24) is 0 Å². The first-order valence-electron chi connectivity index (χ1n) is 6.42. The molecule has 5 nitrogen and oxygen atoms in total. The van der Waals surface area contributed by atoms with Crippen LogP contribution in [0, 0.1) is 12.8 Å². The fraction of sp³-hybridized carbons (Fsp3) is 0.538. The van der Waals surface area contributed by atoms with Gasteiger partial charge in [0.25, 0.3) is 0 Å². The molecule has 1 fully saturated rings.